The fraction of sp³-hybridized carbons (Fsp3) is 0.842. The van der Waals surface area contributed by atoms with Crippen LogP contribution in [0.2, 0.25) is 0 Å². The van der Waals surface area contributed by atoms with Gasteiger partial charge in [0.15, 0.2) is 5.78 Å². The van der Waals surface area contributed by atoms with Crippen molar-refractivity contribution >= 4 is 5.78 Å². The summed E-state index contributed by atoms with van der Waals surface area (Å²) >= 11 is 0. The van der Waals surface area contributed by atoms with Gasteiger partial charge in [0, 0.05) is 5.92 Å². The molecule has 0 bridgehead atoms. The highest BCUT2D eigenvalue weighted by molar-refractivity contribution is 5.94. The van der Waals surface area contributed by atoms with E-state index >= 15 is 0 Å². The van der Waals surface area contributed by atoms with Crippen LogP contribution >= 0.6 is 0 Å². The van der Waals surface area contributed by atoms with Crippen LogP contribution in [0.25, 0.3) is 0 Å². The Hall–Kier alpha value is -0.740. The number of carbonyl (C=O) groups excluding carboxylic acids is 1. The Morgan fingerprint density at radius 3 is 2.65 bits per heavy atom. The second-order valence-corrected chi connectivity index (χ2v) is 8.87. The predicted molar refractivity (Wildman–Crippen MR) is 84.4 cm³/mol. The van der Waals surface area contributed by atoms with Gasteiger partial charge in [0.25, 0.3) is 0 Å². The summed E-state index contributed by atoms with van der Waals surface area (Å²) in [6.45, 7) is 4.20. The number of aliphatic hydroxyl groups is 2. The molecule has 4 heteroatoms. The van der Waals surface area contributed by atoms with Crippen molar-refractivity contribution < 1.29 is 19.4 Å². The van der Waals surface area contributed by atoms with Crippen LogP contribution < -0.4 is 0 Å². The predicted octanol–water partition coefficient (Wildman–Crippen LogP) is 2.80. The van der Waals surface area contributed by atoms with Crippen LogP contribution in [0, 0.1) is 28.6 Å². The third kappa shape index (κ3) is 1.97. The lowest BCUT2D eigenvalue weighted by Gasteiger charge is -2.56. The lowest BCUT2D eigenvalue weighted by Crippen LogP contribution is -2.54. The Labute approximate surface area is 137 Å². The molecule has 0 unspecified atom stereocenters. The highest BCUT2D eigenvalue weighted by atomic mass is 19.1. The summed E-state index contributed by atoms with van der Waals surface area (Å²) < 4.78 is 14.2. The van der Waals surface area contributed by atoms with Gasteiger partial charge in [-0.3, -0.25) is 4.79 Å². The SMILES string of the molecule is C[C@]12CC[C@H]3[C@@H](C(=O)C=C4C[C@H](O)CC[C@@]43C)[C@@H]1C[C@@H](F)[C@@H]2O. The molecular weight excluding hydrogens is 295 g/mol. The first kappa shape index (κ1) is 15.8. The maximum Gasteiger partial charge on any atom is 0.159 e. The molecule has 3 saturated carbocycles. The molecule has 0 aliphatic heterocycles. The van der Waals surface area contributed by atoms with Crippen LogP contribution in [0.4, 0.5) is 4.39 Å². The number of ketones is 1. The molecule has 0 radical (unpaired) electrons. The quantitative estimate of drug-likeness (QED) is 0.721. The second kappa shape index (κ2) is 4.89. The maximum absolute atomic E-state index is 14.2. The van der Waals surface area contributed by atoms with Gasteiger partial charge in [-0.25, -0.2) is 4.39 Å². The van der Waals surface area contributed by atoms with Gasteiger partial charge >= 0.3 is 0 Å². The first-order chi connectivity index (χ1) is 10.8. The minimum atomic E-state index is -1.21. The normalized spacial score (nSPS) is 55.7. The topological polar surface area (TPSA) is 57.5 Å². The fourth-order valence-corrected chi connectivity index (χ4v) is 6.33. The molecule has 3 nitrogen and oxygen atoms in total. The van der Waals surface area contributed by atoms with E-state index in [2.05, 4.69) is 6.92 Å². The summed E-state index contributed by atoms with van der Waals surface area (Å²) in [5.41, 5.74) is 0.589. The van der Waals surface area contributed by atoms with E-state index in [1.54, 1.807) is 6.08 Å². The number of alkyl halides is 1. The van der Waals surface area contributed by atoms with Crippen LogP contribution in [0.3, 0.4) is 0 Å². The monoisotopic (exact) mass is 322 g/mol. The van der Waals surface area contributed by atoms with E-state index in [1.165, 1.54) is 0 Å². The van der Waals surface area contributed by atoms with Gasteiger partial charge in [-0.1, -0.05) is 19.4 Å². The summed E-state index contributed by atoms with van der Waals surface area (Å²) in [6.07, 6.45) is 3.53. The summed E-state index contributed by atoms with van der Waals surface area (Å²) in [5.74, 6) is 0.125. The highest BCUT2D eigenvalue weighted by Gasteiger charge is 2.63. The number of rotatable bonds is 0. The van der Waals surface area contributed by atoms with Crippen molar-refractivity contribution in [1.82, 2.24) is 0 Å². The van der Waals surface area contributed by atoms with E-state index in [0.29, 0.717) is 12.8 Å². The summed E-state index contributed by atoms with van der Waals surface area (Å²) in [5, 5.41) is 20.3. The maximum atomic E-state index is 14.2. The van der Waals surface area contributed by atoms with Crippen molar-refractivity contribution in [1.29, 1.82) is 0 Å². The molecule has 0 heterocycles. The van der Waals surface area contributed by atoms with Gasteiger partial charge in [-0.05, 0) is 67.3 Å². The number of carbonyl (C=O) groups is 1. The summed E-state index contributed by atoms with van der Waals surface area (Å²) in [4.78, 5) is 12.9. The lowest BCUT2D eigenvalue weighted by molar-refractivity contribution is -0.136. The molecule has 4 rings (SSSR count). The number of halogens is 1. The first-order valence-corrected chi connectivity index (χ1v) is 9.02. The largest absolute Gasteiger partial charge is 0.393 e. The van der Waals surface area contributed by atoms with Gasteiger partial charge in [0.2, 0.25) is 0 Å². The molecular formula is C19H27FO3. The summed E-state index contributed by atoms with van der Waals surface area (Å²) in [6, 6.07) is 0. The average molecular weight is 322 g/mol. The fourth-order valence-electron chi connectivity index (χ4n) is 6.33. The second-order valence-electron chi connectivity index (χ2n) is 8.87. The number of allylic oxidation sites excluding steroid dienone is 1. The zero-order valence-electron chi connectivity index (χ0n) is 14.0. The van der Waals surface area contributed by atoms with Crippen molar-refractivity contribution in [2.24, 2.45) is 28.6 Å². The number of fused-ring (bicyclic) bond motifs is 5. The molecule has 3 fully saturated rings. The van der Waals surface area contributed by atoms with Gasteiger partial charge < -0.3 is 10.2 Å². The van der Waals surface area contributed by atoms with E-state index in [9.17, 15) is 19.4 Å². The molecule has 0 aromatic carbocycles. The van der Waals surface area contributed by atoms with Crippen LogP contribution in [0.15, 0.2) is 11.6 Å². The summed E-state index contributed by atoms with van der Waals surface area (Å²) in [7, 11) is 0. The molecule has 0 spiro atoms. The Balaban J connectivity index is 1.75. The molecule has 8 atom stereocenters. The highest BCUT2D eigenvalue weighted by Crippen LogP contribution is 2.64. The van der Waals surface area contributed by atoms with E-state index in [4.69, 9.17) is 0 Å². The third-order valence-electron chi connectivity index (χ3n) is 7.85. The molecule has 128 valence electrons. The number of hydrogen-bond donors (Lipinski definition) is 2. The smallest absolute Gasteiger partial charge is 0.159 e. The minimum Gasteiger partial charge on any atom is -0.393 e. The Bertz CT molecular complexity index is 573. The van der Waals surface area contributed by atoms with Gasteiger partial charge in [-0.2, -0.15) is 0 Å². The van der Waals surface area contributed by atoms with Gasteiger partial charge in [-0.15, -0.1) is 0 Å². The van der Waals surface area contributed by atoms with E-state index in [0.717, 1.165) is 31.3 Å². The molecule has 0 amide bonds. The molecule has 2 N–H and O–H groups in total. The standard InChI is InChI=1S/C19H27FO3/c1-18-5-3-11(21)7-10(18)8-15(22)16-12(18)4-6-19(2)13(16)9-14(20)17(19)23/h8,11-14,16-17,21,23H,3-7,9H2,1-2H3/t11-,12+,13+,14-,16-,17+,18+,19+/m1/s1. The first-order valence-electron chi connectivity index (χ1n) is 9.02. The molecule has 23 heavy (non-hydrogen) atoms. The van der Waals surface area contributed by atoms with Gasteiger partial charge in [0.05, 0.1) is 12.2 Å². The van der Waals surface area contributed by atoms with Crippen molar-refractivity contribution in [2.45, 2.75) is 70.8 Å². The Morgan fingerprint density at radius 2 is 1.91 bits per heavy atom. The Morgan fingerprint density at radius 1 is 1.17 bits per heavy atom. The van der Waals surface area contributed by atoms with Crippen LogP contribution in [0.5, 0.6) is 0 Å². The van der Waals surface area contributed by atoms with E-state index < -0.39 is 17.7 Å². The minimum absolute atomic E-state index is 0.0432. The zero-order chi connectivity index (χ0) is 16.6. The van der Waals surface area contributed by atoms with Crippen molar-refractivity contribution in [3.8, 4) is 0 Å². The van der Waals surface area contributed by atoms with Gasteiger partial charge in [0.1, 0.15) is 6.17 Å². The van der Waals surface area contributed by atoms with Crippen LogP contribution in [-0.2, 0) is 4.79 Å². The van der Waals surface area contributed by atoms with E-state index in [1.807, 2.05) is 6.92 Å². The molecule has 4 aliphatic rings. The average Bonchev–Trinajstić information content (AvgIpc) is 2.73. The van der Waals surface area contributed by atoms with Crippen molar-refractivity contribution in [3.05, 3.63) is 11.6 Å². The number of aliphatic hydroxyl groups excluding tert-OH is 2. The number of hydrogen-bond acceptors (Lipinski definition) is 3. The molecule has 0 aromatic heterocycles. The van der Waals surface area contributed by atoms with Crippen LogP contribution in [0.1, 0.15) is 52.4 Å². The van der Waals surface area contributed by atoms with E-state index in [-0.39, 0.29) is 35.1 Å². The van der Waals surface area contributed by atoms with Crippen molar-refractivity contribution in [3.63, 3.8) is 0 Å². The molecule has 0 aromatic rings. The third-order valence-corrected chi connectivity index (χ3v) is 7.85. The van der Waals surface area contributed by atoms with Crippen LogP contribution in [-0.4, -0.2) is 34.4 Å². The zero-order valence-corrected chi connectivity index (χ0v) is 14.0. The molecule has 0 saturated heterocycles. The van der Waals surface area contributed by atoms with Crippen molar-refractivity contribution in [2.75, 3.05) is 0 Å². The Kier molecular flexibility index (Phi) is 3.35. The lowest BCUT2D eigenvalue weighted by atomic mass is 9.47. The molecule has 4 aliphatic carbocycles.